The van der Waals surface area contributed by atoms with Crippen molar-refractivity contribution in [2.75, 3.05) is 25.5 Å². The number of halogens is 1. The number of sulfonamides is 1. The molecule has 1 unspecified atom stereocenters. The summed E-state index contributed by atoms with van der Waals surface area (Å²) >= 11 is 3.41. The minimum atomic E-state index is -3.67. The van der Waals surface area contributed by atoms with Gasteiger partial charge >= 0.3 is 0 Å². The van der Waals surface area contributed by atoms with Crippen molar-refractivity contribution < 1.29 is 17.9 Å². The summed E-state index contributed by atoms with van der Waals surface area (Å²) in [6.45, 7) is 2.39. The molecule has 1 saturated heterocycles. The van der Waals surface area contributed by atoms with Crippen LogP contribution in [0.3, 0.4) is 0 Å². The number of para-hydroxylation sites is 1. The second kappa shape index (κ2) is 8.63. The number of piperidine rings is 1. The van der Waals surface area contributed by atoms with Gasteiger partial charge in [0.25, 0.3) is 0 Å². The van der Waals surface area contributed by atoms with Crippen molar-refractivity contribution in [1.29, 1.82) is 0 Å². The lowest BCUT2D eigenvalue weighted by Gasteiger charge is -2.31. The molecular weight excluding hydrogens is 444 g/mol. The predicted molar refractivity (Wildman–Crippen MR) is 112 cm³/mol. The van der Waals surface area contributed by atoms with Gasteiger partial charge in [0.2, 0.25) is 15.9 Å². The number of nitrogens with zero attached hydrogens (tertiary/aromatic N) is 1. The Kier molecular flexibility index (Phi) is 6.42. The van der Waals surface area contributed by atoms with Gasteiger partial charge in [0.1, 0.15) is 5.75 Å². The smallest absolute Gasteiger partial charge is 0.243 e. The fraction of sp³-hybridized carbons (Fsp3) is 0.350. The van der Waals surface area contributed by atoms with Crippen LogP contribution in [-0.4, -0.2) is 38.8 Å². The summed E-state index contributed by atoms with van der Waals surface area (Å²) < 4.78 is 33.5. The zero-order valence-corrected chi connectivity index (χ0v) is 18.2. The number of amides is 1. The van der Waals surface area contributed by atoms with Crippen LogP contribution in [0, 0.1) is 12.8 Å². The molecule has 0 radical (unpaired) electrons. The van der Waals surface area contributed by atoms with Crippen LogP contribution in [0.1, 0.15) is 18.4 Å². The molecule has 2 aromatic carbocycles. The maximum absolute atomic E-state index is 13.1. The van der Waals surface area contributed by atoms with E-state index in [4.69, 9.17) is 4.74 Å². The van der Waals surface area contributed by atoms with E-state index in [-0.39, 0.29) is 17.3 Å². The van der Waals surface area contributed by atoms with Crippen molar-refractivity contribution >= 4 is 37.5 Å². The average Bonchev–Trinajstić information content (AvgIpc) is 2.69. The summed E-state index contributed by atoms with van der Waals surface area (Å²) in [5, 5.41) is 2.89. The summed E-state index contributed by atoms with van der Waals surface area (Å²) in [7, 11) is -2.12. The van der Waals surface area contributed by atoms with E-state index in [0.717, 1.165) is 10.0 Å². The SMILES string of the molecule is COc1ccc(S(=O)(=O)N2CCCC(C(=O)Nc3ccccc3Br)C2)cc1C. The Labute approximate surface area is 174 Å². The van der Waals surface area contributed by atoms with Crippen molar-refractivity contribution in [2.24, 2.45) is 5.92 Å². The van der Waals surface area contributed by atoms with Crippen molar-refractivity contribution in [1.82, 2.24) is 4.31 Å². The van der Waals surface area contributed by atoms with Gasteiger partial charge in [-0.3, -0.25) is 4.79 Å². The standard InChI is InChI=1S/C20H23BrN2O4S/c1-14-12-16(9-10-19(14)27-2)28(25,26)23-11-5-6-15(13-23)20(24)22-18-8-4-3-7-17(18)21/h3-4,7-10,12,15H,5-6,11,13H2,1-2H3,(H,22,24). The summed E-state index contributed by atoms with van der Waals surface area (Å²) in [5.41, 5.74) is 1.43. The van der Waals surface area contributed by atoms with Crippen LogP contribution < -0.4 is 10.1 Å². The van der Waals surface area contributed by atoms with Gasteiger partial charge in [0.05, 0.1) is 23.6 Å². The van der Waals surface area contributed by atoms with E-state index in [1.807, 2.05) is 25.1 Å². The molecule has 0 bridgehead atoms. The van der Waals surface area contributed by atoms with Crippen molar-refractivity contribution in [3.8, 4) is 5.75 Å². The summed E-state index contributed by atoms with van der Waals surface area (Å²) in [5.74, 6) is 0.0796. The average molecular weight is 467 g/mol. The van der Waals surface area contributed by atoms with Crippen molar-refractivity contribution in [3.05, 3.63) is 52.5 Å². The van der Waals surface area contributed by atoms with Gasteiger partial charge < -0.3 is 10.1 Å². The number of hydrogen-bond acceptors (Lipinski definition) is 4. The number of carbonyl (C=O) groups is 1. The number of ether oxygens (including phenoxy) is 1. The molecule has 1 aliphatic rings. The Balaban J connectivity index is 1.76. The summed E-state index contributed by atoms with van der Waals surface area (Å²) in [6.07, 6.45) is 1.30. The number of carbonyl (C=O) groups excluding carboxylic acids is 1. The largest absolute Gasteiger partial charge is 0.496 e. The second-order valence-electron chi connectivity index (χ2n) is 6.80. The fourth-order valence-corrected chi connectivity index (χ4v) is 5.33. The van der Waals surface area contributed by atoms with Crippen LogP contribution in [0.25, 0.3) is 0 Å². The first-order chi connectivity index (χ1) is 13.3. The van der Waals surface area contributed by atoms with Gasteiger partial charge in [-0.2, -0.15) is 4.31 Å². The molecule has 2 aromatic rings. The third-order valence-corrected chi connectivity index (χ3v) is 7.44. The van der Waals surface area contributed by atoms with Gasteiger partial charge in [0, 0.05) is 17.6 Å². The topological polar surface area (TPSA) is 75.7 Å². The van der Waals surface area contributed by atoms with Crippen LogP contribution in [0.4, 0.5) is 5.69 Å². The zero-order chi connectivity index (χ0) is 20.3. The van der Waals surface area contributed by atoms with Crippen LogP contribution in [0.2, 0.25) is 0 Å². The summed E-state index contributed by atoms with van der Waals surface area (Å²) in [6, 6.07) is 12.2. The highest BCUT2D eigenvalue weighted by molar-refractivity contribution is 9.10. The molecule has 1 aliphatic heterocycles. The molecule has 6 nitrogen and oxygen atoms in total. The highest BCUT2D eigenvalue weighted by Crippen LogP contribution is 2.28. The minimum Gasteiger partial charge on any atom is -0.496 e. The Bertz CT molecular complexity index is 978. The van der Waals surface area contributed by atoms with E-state index in [1.54, 1.807) is 31.4 Å². The first-order valence-corrected chi connectivity index (χ1v) is 11.3. The molecule has 1 atom stereocenters. The molecule has 0 aliphatic carbocycles. The normalized spacial score (nSPS) is 17.9. The van der Waals surface area contributed by atoms with Gasteiger partial charge in [-0.15, -0.1) is 0 Å². The number of methoxy groups -OCH3 is 1. The first kappa shape index (κ1) is 20.8. The van der Waals surface area contributed by atoms with E-state index in [9.17, 15) is 13.2 Å². The fourth-order valence-electron chi connectivity index (χ4n) is 3.33. The third kappa shape index (κ3) is 4.39. The molecule has 150 valence electrons. The number of rotatable bonds is 5. The molecule has 28 heavy (non-hydrogen) atoms. The van der Waals surface area contributed by atoms with Crippen LogP contribution in [0.15, 0.2) is 51.8 Å². The minimum absolute atomic E-state index is 0.169. The van der Waals surface area contributed by atoms with E-state index < -0.39 is 15.9 Å². The molecule has 1 heterocycles. The second-order valence-corrected chi connectivity index (χ2v) is 9.60. The molecule has 1 amide bonds. The molecular formula is C20H23BrN2O4S. The number of anilines is 1. The van der Waals surface area contributed by atoms with E-state index >= 15 is 0 Å². The van der Waals surface area contributed by atoms with Gasteiger partial charge in [-0.05, 0) is 71.6 Å². The number of aryl methyl sites for hydroxylation is 1. The Morgan fingerprint density at radius 2 is 2.00 bits per heavy atom. The monoisotopic (exact) mass is 466 g/mol. The number of hydrogen-bond donors (Lipinski definition) is 1. The number of benzene rings is 2. The van der Waals surface area contributed by atoms with Gasteiger partial charge in [-0.1, -0.05) is 12.1 Å². The van der Waals surface area contributed by atoms with Crippen LogP contribution in [0.5, 0.6) is 5.75 Å². The lowest BCUT2D eigenvalue weighted by Crippen LogP contribution is -2.43. The molecule has 0 aromatic heterocycles. The molecule has 0 spiro atoms. The summed E-state index contributed by atoms with van der Waals surface area (Å²) in [4.78, 5) is 12.9. The highest BCUT2D eigenvalue weighted by Gasteiger charge is 2.33. The van der Waals surface area contributed by atoms with Crippen molar-refractivity contribution in [2.45, 2.75) is 24.7 Å². The molecule has 8 heteroatoms. The van der Waals surface area contributed by atoms with E-state index in [0.29, 0.717) is 30.8 Å². The Morgan fingerprint density at radius 1 is 1.25 bits per heavy atom. The molecule has 1 N–H and O–H groups in total. The van der Waals surface area contributed by atoms with Crippen molar-refractivity contribution in [3.63, 3.8) is 0 Å². The highest BCUT2D eigenvalue weighted by atomic mass is 79.9. The van der Waals surface area contributed by atoms with Gasteiger partial charge in [-0.25, -0.2) is 8.42 Å². The maximum Gasteiger partial charge on any atom is 0.243 e. The van der Waals surface area contributed by atoms with Crippen LogP contribution in [-0.2, 0) is 14.8 Å². The molecule has 1 fully saturated rings. The van der Waals surface area contributed by atoms with Gasteiger partial charge in [0.15, 0.2) is 0 Å². The quantitative estimate of drug-likeness (QED) is 0.726. The number of nitrogens with one attached hydrogen (secondary N) is 1. The lowest BCUT2D eigenvalue weighted by molar-refractivity contribution is -0.120. The van der Waals surface area contributed by atoms with E-state index in [2.05, 4.69) is 21.2 Å². The van der Waals surface area contributed by atoms with Crippen LogP contribution >= 0.6 is 15.9 Å². The molecule has 0 saturated carbocycles. The Morgan fingerprint density at radius 3 is 2.68 bits per heavy atom. The lowest BCUT2D eigenvalue weighted by atomic mass is 9.99. The first-order valence-electron chi connectivity index (χ1n) is 9.03. The zero-order valence-electron chi connectivity index (χ0n) is 15.8. The maximum atomic E-state index is 13.1. The predicted octanol–water partition coefficient (Wildman–Crippen LogP) is 3.81. The third-order valence-electron chi connectivity index (χ3n) is 4.89. The van der Waals surface area contributed by atoms with E-state index in [1.165, 1.54) is 4.31 Å². The molecule has 3 rings (SSSR count). The Hall–Kier alpha value is -1.90.